The van der Waals surface area contributed by atoms with E-state index in [0.717, 1.165) is 12.8 Å². The monoisotopic (exact) mass is 503 g/mol. The molecule has 22 heavy (non-hydrogen) atoms. The van der Waals surface area contributed by atoms with Crippen molar-refractivity contribution in [3.8, 4) is 0 Å². The first-order valence-corrected chi connectivity index (χ1v) is 6.70. The summed E-state index contributed by atoms with van der Waals surface area (Å²) in [5.41, 5.74) is 14.6. The van der Waals surface area contributed by atoms with Crippen molar-refractivity contribution in [3.05, 3.63) is 11.5 Å². The Balaban J connectivity index is 0. The first-order valence-electron chi connectivity index (χ1n) is 6.70. The predicted octanol–water partition coefficient (Wildman–Crippen LogP) is -1.09. The average molecular weight is 503 g/mol. The molecule has 134 valence electrons. The van der Waals surface area contributed by atoms with Crippen LogP contribution in [0.15, 0.2) is 0 Å². The molecule has 0 heterocycles. The second kappa shape index (κ2) is 12.3. The van der Waals surface area contributed by atoms with Gasteiger partial charge in [-0.1, -0.05) is 25.7 Å². The minimum absolute atomic E-state index is 0. The number of nitrogens with one attached hydrogen (secondary N) is 2. The van der Waals surface area contributed by atoms with Crippen molar-refractivity contribution >= 4 is 5.97 Å². The van der Waals surface area contributed by atoms with Crippen LogP contribution < -0.4 is 0 Å². The molecule has 0 bridgehead atoms. The number of aliphatic hydroxyl groups excluding tert-OH is 5. The van der Waals surface area contributed by atoms with Gasteiger partial charge in [-0.15, -0.1) is 0 Å². The summed E-state index contributed by atoms with van der Waals surface area (Å²) in [5, 5.41) is 51.8. The van der Waals surface area contributed by atoms with Crippen molar-refractivity contribution in [1.82, 2.24) is 0 Å². The van der Waals surface area contributed by atoms with Gasteiger partial charge in [0.05, 0.1) is 6.61 Å². The first kappa shape index (κ1) is 24.1. The SMILES string of the molecule is O=C(O)C(O)C(O)C(O)C(O)CO.[NH-]C1CCCCC1[NH-].[Pt+2]. The van der Waals surface area contributed by atoms with E-state index in [1.807, 2.05) is 0 Å². The Labute approximate surface area is 143 Å². The molecule has 1 rings (SSSR count). The van der Waals surface area contributed by atoms with E-state index in [-0.39, 0.29) is 33.1 Å². The molecule has 0 aromatic rings. The third kappa shape index (κ3) is 8.49. The number of aliphatic hydroxyl groups is 5. The van der Waals surface area contributed by atoms with E-state index >= 15 is 0 Å². The topological polar surface area (TPSA) is 186 Å². The number of carboxylic acids is 1. The molecule has 6 atom stereocenters. The van der Waals surface area contributed by atoms with Gasteiger partial charge in [-0.25, -0.2) is 4.79 Å². The van der Waals surface area contributed by atoms with Crippen LogP contribution in [0.3, 0.4) is 0 Å². The Morgan fingerprint density at radius 1 is 1.00 bits per heavy atom. The van der Waals surface area contributed by atoms with Gasteiger partial charge in [-0.05, 0) is 0 Å². The molecule has 1 aliphatic carbocycles. The van der Waals surface area contributed by atoms with E-state index in [2.05, 4.69) is 0 Å². The van der Waals surface area contributed by atoms with Crippen LogP contribution in [0.5, 0.6) is 0 Å². The molecule has 10 heteroatoms. The van der Waals surface area contributed by atoms with Gasteiger partial charge in [0, 0.05) is 0 Å². The zero-order valence-electron chi connectivity index (χ0n) is 11.9. The number of hydrogen-bond donors (Lipinski definition) is 6. The second-order valence-corrected chi connectivity index (χ2v) is 5.01. The van der Waals surface area contributed by atoms with Gasteiger partial charge in [0.15, 0.2) is 6.10 Å². The van der Waals surface area contributed by atoms with Crippen LogP contribution >= 0.6 is 0 Å². The normalized spacial score (nSPS) is 26.5. The maximum Gasteiger partial charge on any atom is 2.00 e. The number of aliphatic carboxylic acids is 1. The van der Waals surface area contributed by atoms with Crippen LogP contribution in [-0.4, -0.2) is 79.7 Å². The summed E-state index contributed by atoms with van der Waals surface area (Å²) >= 11 is 0. The van der Waals surface area contributed by atoms with E-state index in [1.54, 1.807) is 0 Å². The molecule has 0 saturated heterocycles. The Kier molecular flexibility index (Phi) is 13.5. The molecule has 8 N–H and O–H groups in total. The third-order valence-electron chi connectivity index (χ3n) is 3.27. The molecule has 6 unspecified atom stereocenters. The molecule has 1 saturated carbocycles. The summed E-state index contributed by atoms with van der Waals surface area (Å²) in [4.78, 5) is 10.1. The van der Waals surface area contributed by atoms with E-state index in [1.165, 1.54) is 12.8 Å². The van der Waals surface area contributed by atoms with E-state index in [0.29, 0.717) is 0 Å². The summed E-state index contributed by atoms with van der Waals surface area (Å²) < 4.78 is 0. The fourth-order valence-corrected chi connectivity index (χ4v) is 1.80. The zero-order chi connectivity index (χ0) is 16.6. The van der Waals surface area contributed by atoms with Crippen molar-refractivity contribution in [1.29, 1.82) is 0 Å². The van der Waals surface area contributed by atoms with Crippen LogP contribution in [-0.2, 0) is 25.9 Å². The number of hydrogen-bond acceptors (Lipinski definition) is 6. The summed E-state index contributed by atoms with van der Waals surface area (Å²) in [7, 11) is 0. The Morgan fingerprint density at radius 2 is 1.41 bits per heavy atom. The smallest absolute Gasteiger partial charge is 0.676 e. The van der Waals surface area contributed by atoms with Gasteiger partial charge in [-0.2, -0.15) is 12.1 Å². The predicted molar refractivity (Wildman–Crippen MR) is 73.4 cm³/mol. The molecule has 1 fully saturated rings. The Hall–Kier alpha value is -0.122. The van der Waals surface area contributed by atoms with Crippen LogP contribution in [0.4, 0.5) is 0 Å². The van der Waals surface area contributed by atoms with Crippen LogP contribution in [0, 0.1) is 0 Å². The van der Waals surface area contributed by atoms with Gasteiger partial charge in [0.2, 0.25) is 0 Å². The van der Waals surface area contributed by atoms with Crippen molar-refractivity contribution in [2.75, 3.05) is 6.61 Å². The van der Waals surface area contributed by atoms with Crippen molar-refractivity contribution < 1.29 is 56.5 Å². The van der Waals surface area contributed by atoms with Gasteiger partial charge in [0.1, 0.15) is 18.3 Å². The van der Waals surface area contributed by atoms with Gasteiger partial charge >= 0.3 is 27.0 Å². The Bertz CT molecular complexity index is 301. The summed E-state index contributed by atoms with van der Waals surface area (Å²) in [6, 6.07) is -0.160. The van der Waals surface area contributed by atoms with Gasteiger partial charge in [0.25, 0.3) is 0 Å². The Morgan fingerprint density at radius 3 is 1.68 bits per heavy atom. The molecule has 0 aromatic carbocycles. The van der Waals surface area contributed by atoms with Crippen LogP contribution in [0.2, 0.25) is 0 Å². The molecule has 0 radical (unpaired) electrons. The maximum atomic E-state index is 10.1. The molecule has 0 amide bonds. The van der Waals surface area contributed by atoms with Crippen LogP contribution in [0.1, 0.15) is 25.7 Å². The molecular weight excluding hydrogens is 479 g/mol. The fourth-order valence-electron chi connectivity index (χ4n) is 1.80. The van der Waals surface area contributed by atoms with E-state index in [9.17, 15) is 4.79 Å². The summed E-state index contributed by atoms with van der Waals surface area (Å²) in [6.45, 7) is -0.843. The first-order chi connectivity index (χ1) is 9.72. The summed E-state index contributed by atoms with van der Waals surface area (Å²) in [5.74, 6) is -1.73. The van der Waals surface area contributed by atoms with Crippen molar-refractivity contribution in [2.45, 2.75) is 62.2 Å². The maximum absolute atomic E-state index is 10.1. The second-order valence-electron chi connectivity index (χ2n) is 5.01. The third-order valence-corrected chi connectivity index (χ3v) is 3.27. The van der Waals surface area contributed by atoms with Crippen molar-refractivity contribution in [2.24, 2.45) is 0 Å². The van der Waals surface area contributed by atoms with Crippen molar-refractivity contribution in [3.63, 3.8) is 0 Å². The minimum Gasteiger partial charge on any atom is -0.676 e. The molecule has 0 spiro atoms. The van der Waals surface area contributed by atoms with E-state index in [4.69, 9.17) is 42.1 Å². The number of carboxylic acid groups (broad SMARTS) is 1. The van der Waals surface area contributed by atoms with Crippen LogP contribution in [0.25, 0.3) is 11.5 Å². The fraction of sp³-hybridized carbons (Fsp3) is 0.917. The molecular formula is C12H24N2O7Pt. The molecule has 9 nitrogen and oxygen atoms in total. The largest absolute Gasteiger partial charge is 2.00 e. The molecule has 0 aromatic heterocycles. The minimum atomic E-state index is -2.20. The zero-order valence-corrected chi connectivity index (χ0v) is 14.2. The quantitative estimate of drug-likeness (QED) is 0.275. The number of carbonyl (C=O) groups is 1. The molecule has 0 aliphatic heterocycles. The van der Waals surface area contributed by atoms with Gasteiger partial charge < -0.3 is 42.1 Å². The van der Waals surface area contributed by atoms with Gasteiger partial charge in [-0.3, -0.25) is 0 Å². The van der Waals surface area contributed by atoms with E-state index < -0.39 is 37.0 Å². The molecule has 1 aliphatic rings. The standard InChI is InChI=1S/C6H12N2.C6H12O7.Pt/c7-5-3-1-2-4-6(5)8;7-1-2(8)3(9)4(10)5(11)6(12)13;/h5-8H,1-4H2;2-5,7-11H,1H2,(H,12,13);/q-2;;+2. The average Bonchev–Trinajstić information content (AvgIpc) is 2.47. The number of rotatable bonds is 5. The summed E-state index contributed by atoms with van der Waals surface area (Å²) in [6.07, 6.45) is -3.59.